The summed E-state index contributed by atoms with van der Waals surface area (Å²) in [6.07, 6.45) is 4.58. The zero-order valence-electron chi connectivity index (χ0n) is 20.6. The molecule has 3 unspecified atom stereocenters. The van der Waals surface area contributed by atoms with Crippen LogP contribution in [0.1, 0.15) is 50.7 Å². The number of rotatable bonds is 5. The van der Waals surface area contributed by atoms with Crippen molar-refractivity contribution in [2.45, 2.75) is 69.8 Å². The first kappa shape index (κ1) is 23.6. The molecule has 0 bridgehead atoms. The topological polar surface area (TPSA) is 81.3 Å². The zero-order chi connectivity index (χ0) is 24.7. The van der Waals surface area contributed by atoms with Crippen molar-refractivity contribution < 1.29 is 4.79 Å². The van der Waals surface area contributed by atoms with Crippen molar-refractivity contribution in [2.75, 3.05) is 0 Å². The highest BCUT2D eigenvalue weighted by Crippen LogP contribution is 2.29. The second kappa shape index (κ2) is 9.49. The molecule has 1 N–H and O–H groups in total. The van der Waals surface area contributed by atoms with Crippen molar-refractivity contribution in [2.24, 2.45) is 5.92 Å². The molecule has 1 aliphatic carbocycles. The van der Waals surface area contributed by atoms with E-state index in [4.69, 9.17) is 0 Å². The van der Waals surface area contributed by atoms with E-state index in [1.807, 2.05) is 67.6 Å². The van der Waals surface area contributed by atoms with Gasteiger partial charge in [0.15, 0.2) is 5.16 Å². The molecule has 0 aliphatic heterocycles. The monoisotopic (exact) mass is 489 g/mol. The molecule has 1 fully saturated rings. The van der Waals surface area contributed by atoms with Crippen molar-refractivity contribution in [1.82, 2.24) is 24.5 Å². The van der Waals surface area contributed by atoms with Crippen molar-refractivity contribution in [3.05, 3.63) is 63.9 Å². The molecule has 0 saturated heterocycles. The van der Waals surface area contributed by atoms with Gasteiger partial charge in [0, 0.05) is 6.04 Å². The van der Waals surface area contributed by atoms with Gasteiger partial charge in [-0.3, -0.25) is 14.0 Å². The minimum absolute atomic E-state index is 0.0119. The number of aryl methyl sites for hydroxylation is 2. The van der Waals surface area contributed by atoms with Gasteiger partial charge in [0.1, 0.15) is 0 Å². The Morgan fingerprint density at radius 3 is 2.51 bits per heavy atom. The van der Waals surface area contributed by atoms with Gasteiger partial charge < -0.3 is 5.32 Å². The van der Waals surface area contributed by atoms with Gasteiger partial charge in [-0.25, -0.2) is 4.57 Å². The molecular formula is C27H31N5O2S. The van der Waals surface area contributed by atoms with E-state index in [-0.39, 0.29) is 22.8 Å². The van der Waals surface area contributed by atoms with E-state index in [2.05, 4.69) is 22.4 Å². The second-order valence-electron chi connectivity index (χ2n) is 9.65. The first-order valence-corrected chi connectivity index (χ1v) is 13.2. The van der Waals surface area contributed by atoms with Gasteiger partial charge in [0.05, 0.1) is 21.8 Å². The third-order valence-corrected chi connectivity index (χ3v) is 8.19. The first-order chi connectivity index (χ1) is 16.9. The maximum Gasteiger partial charge on any atom is 0.267 e. The van der Waals surface area contributed by atoms with Crippen LogP contribution in [0.2, 0.25) is 0 Å². The van der Waals surface area contributed by atoms with E-state index in [1.54, 1.807) is 4.57 Å². The van der Waals surface area contributed by atoms with Crippen molar-refractivity contribution >= 4 is 34.3 Å². The summed E-state index contributed by atoms with van der Waals surface area (Å²) in [6.45, 7) is 8.10. The van der Waals surface area contributed by atoms with Crippen LogP contribution >= 0.6 is 11.8 Å². The Hall–Kier alpha value is -3.13. The molecule has 2 aromatic heterocycles. The van der Waals surface area contributed by atoms with Crippen LogP contribution in [-0.2, 0) is 4.79 Å². The Bertz CT molecular complexity index is 1450. The lowest BCUT2D eigenvalue weighted by molar-refractivity contribution is -0.121. The average Bonchev–Trinajstić information content (AvgIpc) is 3.25. The number of para-hydroxylation sites is 2. The third-order valence-electron chi connectivity index (χ3n) is 7.15. The van der Waals surface area contributed by atoms with Crippen molar-refractivity contribution in [1.29, 1.82) is 0 Å². The van der Waals surface area contributed by atoms with Gasteiger partial charge in [-0.05, 0) is 62.8 Å². The van der Waals surface area contributed by atoms with Crippen LogP contribution in [0.15, 0.2) is 52.4 Å². The number of aromatic nitrogens is 4. The Morgan fingerprint density at radius 2 is 1.77 bits per heavy atom. The standard InChI is InChI=1S/C27H31N5O2S/c1-16-10-5-7-14-21(16)28-24(33)19(4)35-27-30-29-26-31(27)22-15-8-6-13-20(22)25(34)32(26)23-17(2)11-9-12-18(23)3/h6,8-9,11-13,15-16,19,21H,5,7,10,14H2,1-4H3,(H,28,33). The predicted octanol–water partition coefficient (Wildman–Crippen LogP) is 4.83. The number of carbonyl (C=O) groups excluding carboxylic acids is 1. The molecule has 5 rings (SSSR count). The number of nitrogens with one attached hydrogen (secondary N) is 1. The summed E-state index contributed by atoms with van der Waals surface area (Å²) in [7, 11) is 0. The van der Waals surface area contributed by atoms with E-state index >= 15 is 0 Å². The molecular weight excluding hydrogens is 458 g/mol. The number of hydrogen-bond donors (Lipinski definition) is 1. The van der Waals surface area contributed by atoms with E-state index in [0.29, 0.717) is 22.2 Å². The van der Waals surface area contributed by atoms with E-state index < -0.39 is 0 Å². The molecule has 1 aliphatic rings. The van der Waals surface area contributed by atoms with Crippen LogP contribution in [0, 0.1) is 19.8 Å². The average molecular weight is 490 g/mol. The number of carbonyl (C=O) groups is 1. The fraction of sp³-hybridized carbons (Fsp3) is 0.407. The van der Waals surface area contributed by atoms with Crippen molar-refractivity contribution in [3.63, 3.8) is 0 Å². The van der Waals surface area contributed by atoms with Gasteiger partial charge in [-0.15, -0.1) is 10.2 Å². The lowest BCUT2D eigenvalue weighted by Crippen LogP contribution is -2.44. The van der Waals surface area contributed by atoms with Crippen LogP contribution in [0.4, 0.5) is 0 Å². The molecule has 1 saturated carbocycles. The highest BCUT2D eigenvalue weighted by atomic mass is 32.2. The smallest absolute Gasteiger partial charge is 0.267 e. The largest absolute Gasteiger partial charge is 0.352 e. The van der Waals surface area contributed by atoms with Crippen LogP contribution in [0.3, 0.4) is 0 Å². The van der Waals surface area contributed by atoms with E-state index in [0.717, 1.165) is 41.6 Å². The molecule has 35 heavy (non-hydrogen) atoms. The molecule has 2 heterocycles. The number of nitrogens with zero attached hydrogens (tertiary/aromatic N) is 4. The normalized spacial score (nSPS) is 19.2. The summed E-state index contributed by atoms with van der Waals surface area (Å²) in [6, 6.07) is 13.7. The maximum atomic E-state index is 13.7. The molecule has 0 radical (unpaired) electrons. The maximum absolute atomic E-state index is 13.7. The number of thioether (sulfide) groups is 1. The predicted molar refractivity (Wildman–Crippen MR) is 140 cm³/mol. The van der Waals surface area contributed by atoms with Gasteiger partial charge in [0.2, 0.25) is 11.7 Å². The molecule has 4 aromatic rings. The fourth-order valence-electron chi connectivity index (χ4n) is 5.16. The lowest BCUT2D eigenvalue weighted by Gasteiger charge is -2.30. The lowest BCUT2D eigenvalue weighted by atomic mass is 9.86. The number of hydrogen-bond acceptors (Lipinski definition) is 5. The van der Waals surface area contributed by atoms with Crippen molar-refractivity contribution in [3.8, 4) is 5.69 Å². The third kappa shape index (κ3) is 4.24. The Balaban J connectivity index is 1.59. The molecule has 1 amide bonds. The quantitative estimate of drug-likeness (QED) is 0.406. The summed E-state index contributed by atoms with van der Waals surface area (Å²) in [5, 5.41) is 13.0. The minimum atomic E-state index is -0.351. The molecule has 182 valence electrons. The fourth-order valence-corrected chi connectivity index (χ4v) is 6.02. The molecule has 8 heteroatoms. The Morgan fingerprint density at radius 1 is 1.06 bits per heavy atom. The Labute approximate surface area is 208 Å². The first-order valence-electron chi connectivity index (χ1n) is 12.3. The summed E-state index contributed by atoms with van der Waals surface area (Å²) in [5.74, 6) is 0.953. The van der Waals surface area contributed by atoms with Crippen LogP contribution in [0.5, 0.6) is 0 Å². The molecule has 3 atom stereocenters. The van der Waals surface area contributed by atoms with Crippen LogP contribution in [-0.4, -0.2) is 36.4 Å². The number of benzene rings is 2. The van der Waals surface area contributed by atoms with Gasteiger partial charge in [0.25, 0.3) is 5.56 Å². The zero-order valence-corrected chi connectivity index (χ0v) is 21.4. The number of amides is 1. The number of fused-ring (bicyclic) bond motifs is 3. The van der Waals surface area contributed by atoms with E-state index in [9.17, 15) is 9.59 Å². The summed E-state index contributed by atoms with van der Waals surface area (Å²) in [5.41, 5.74) is 3.38. The van der Waals surface area contributed by atoms with E-state index in [1.165, 1.54) is 18.2 Å². The van der Waals surface area contributed by atoms with Crippen LogP contribution < -0.4 is 10.9 Å². The van der Waals surface area contributed by atoms with Gasteiger partial charge >= 0.3 is 0 Å². The summed E-state index contributed by atoms with van der Waals surface area (Å²) in [4.78, 5) is 26.7. The second-order valence-corrected chi connectivity index (χ2v) is 11.0. The summed E-state index contributed by atoms with van der Waals surface area (Å²) >= 11 is 1.37. The molecule has 2 aromatic carbocycles. The van der Waals surface area contributed by atoms with Gasteiger partial charge in [-0.1, -0.05) is 61.9 Å². The molecule has 0 spiro atoms. The summed E-state index contributed by atoms with van der Waals surface area (Å²) < 4.78 is 3.55. The SMILES string of the molecule is Cc1cccc(C)c1-n1c(=O)c2ccccc2n2c(SC(C)C(=O)NC3CCCCC3C)nnc12. The minimum Gasteiger partial charge on any atom is -0.352 e. The molecule has 7 nitrogen and oxygen atoms in total. The Kier molecular flexibility index (Phi) is 6.40. The highest BCUT2D eigenvalue weighted by Gasteiger charge is 2.27. The van der Waals surface area contributed by atoms with Gasteiger partial charge in [-0.2, -0.15) is 0 Å². The highest BCUT2D eigenvalue weighted by molar-refractivity contribution is 8.00. The van der Waals surface area contributed by atoms with Crippen LogP contribution in [0.25, 0.3) is 22.4 Å².